The maximum atomic E-state index is 10.9. The van der Waals surface area contributed by atoms with Gasteiger partial charge in [0.05, 0.1) is 0 Å². The molecule has 0 bridgehead atoms. The number of carbonyl (C=O) groups is 1. The van der Waals surface area contributed by atoms with E-state index in [1.807, 2.05) is 0 Å². The number of nitrogens with zero attached hydrogens (tertiary/aromatic N) is 1. The van der Waals surface area contributed by atoms with E-state index in [4.69, 9.17) is 5.11 Å². The molecule has 1 heterocycles. The van der Waals surface area contributed by atoms with Crippen LogP contribution in [-0.2, 0) is 0 Å². The summed E-state index contributed by atoms with van der Waals surface area (Å²) in [4.78, 5) is 19.8. The zero-order valence-corrected chi connectivity index (χ0v) is 12.5. The van der Waals surface area contributed by atoms with Gasteiger partial charge in [-0.15, -0.1) is 0 Å². The molecule has 0 aromatic carbocycles. The molecule has 0 radical (unpaired) electrons. The van der Waals surface area contributed by atoms with Gasteiger partial charge in [-0.2, -0.15) is 0 Å². The molecule has 0 aromatic rings. The summed E-state index contributed by atoms with van der Waals surface area (Å²) in [6.45, 7) is 1.50. The average Bonchev–Trinajstić information content (AvgIpc) is 2.56. The van der Waals surface area contributed by atoms with Gasteiger partial charge in [-0.1, -0.05) is 0 Å². The first kappa shape index (κ1) is 11.3. The molecule has 2 aliphatic rings. The number of likely N-dealkylation sites (tertiary alicyclic amines) is 1. The molecule has 1 saturated heterocycles. The van der Waals surface area contributed by atoms with Crippen LogP contribution in [0.5, 0.6) is 0 Å². The molecule has 3 nitrogen and oxygen atoms in total. The van der Waals surface area contributed by atoms with Crippen LogP contribution in [0.3, 0.4) is 0 Å². The van der Waals surface area contributed by atoms with Crippen molar-refractivity contribution >= 4 is 24.5 Å². The van der Waals surface area contributed by atoms with Crippen LogP contribution in [0.25, 0.3) is 0 Å². The molecule has 1 amide bonds. The van der Waals surface area contributed by atoms with Crippen LogP contribution < -0.4 is 0 Å². The second-order valence-electron chi connectivity index (χ2n) is 5.70. The van der Waals surface area contributed by atoms with E-state index >= 15 is 0 Å². The second-order valence-corrected chi connectivity index (χ2v) is 20.2. The van der Waals surface area contributed by atoms with Crippen LogP contribution in [0.15, 0.2) is 9.67 Å². The topological polar surface area (TPSA) is 40.5 Å². The minimum absolute atomic E-state index is 0.567. The van der Waals surface area contributed by atoms with E-state index in [0.29, 0.717) is 11.8 Å². The zero-order valence-electron chi connectivity index (χ0n) is 9.66. The third-order valence-corrected chi connectivity index (χ3v) is 10.2. The van der Waals surface area contributed by atoms with E-state index in [9.17, 15) is 4.79 Å². The minimum atomic E-state index is -1.96. The van der Waals surface area contributed by atoms with Crippen molar-refractivity contribution in [3.05, 3.63) is 9.67 Å². The summed E-state index contributed by atoms with van der Waals surface area (Å²) in [7, 11) is 0. The first-order chi connectivity index (χ1) is 6.89. The van der Waals surface area contributed by atoms with Gasteiger partial charge < -0.3 is 0 Å². The Morgan fingerprint density at radius 3 is 2.67 bits per heavy atom. The Labute approximate surface area is 95.0 Å². The van der Waals surface area contributed by atoms with Gasteiger partial charge in [-0.05, 0) is 0 Å². The van der Waals surface area contributed by atoms with Gasteiger partial charge in [0.25, 0.3) is 0 Å². The Morgan fingerprint density at radius 2 is 2.13 bits per heavy atom. The first-order valence-electron chi connectivity index (χ1n) is 5.58. The molecule has 2 atom stereocenters. The van der Waals surface area contributed by atoms with Crippen LogP contribution in [0.2, 0.25) is 14.8 Å². The molecular formula is C11H19NO2Sn. The van der Waals surface area contributed by atoms with Crippen molar-refractivity contribution in [1.29, 1.82) is 0 Å². The van der Waals surface area contributed by atoms with Gasteiger partial charge >= 0.3 is 95.1 Å². The Morgan fingerprint density at radius 1 is 1.47 bits per heavy atom. The third kappa shape index (κ3) is 2.03. The van der Waals surface area contributed by atoms with Crippen molar-refractivity contribution in [2.75, 3.05) is 13.1 Å². The predicted molar refractivity (Wildman–Crippen MR) is 62.6 cm³/mol. The number of hydrogen-bond acceptors (Lipinski definition) is 1. The molecule has 0 unspecified atom stereocenters. The number of amides is 1. The molecule has 15 heavy (non-hydrogen) atoms. The molecule has 0 spiro atoms. The summed E-state index contributed by atoms with van der Waals surface area (Å²) in [5.41, 5.74) is 0. The van der Waals surface area contributed by atoms with Crippen molar-refractivity contribution in [1.82, 2.24) is 4.90 Å². The first-order valence-corrected chi connectivity index (χ1v) is 15.6. The van der Waals surface area contributed by atoms with E-state index in [2.05, 4.69) is 20.9 Å². The molecule has 0 aromatic heterocycles. The zero-order chi connectivity index (χ0) is 11.2. The quantitative estimate of drug-likeness (QED) is 0.755. The van der Waals surface area contributed by atoms with Crippen molar-refractivity contribution in [3.8, 4) is 0 Å². The molecule has 2 rings (SSSR count). The van der Waals surface area contributed by atoms with E-state index in [0.717, 1.165) is 19.5 Å². The van der Waals surface area contributed by atoms with E-state index in [1.165, 1.54) is 0 Å². The molecule has 84 valence electrons. The Bertz CT molecular complexity index is 319. The summed E-state index contributed by atoms with van der Waals surface area (Å²) in [6, 6.07) is 0. The van der Waals surface area contributed by atoms with Crippen LogP contribution in [0.1, 0.15) is 6.42 Å². The van der Waals surface area contributed by atoms with Gasteiger partial charge in [0, 0.05) is 0 Å². The number of allylic oxidation sites excluding steroid dienone is 1. The Balaban J connectivity index is 2.13. The van der Waals surface area contributed by atoms with Gasteiger partial charge in [-0.3, -0.25) is 0 Å². The van der Waals surface area contributed by atoms with Crippen molar-refractivity contribution < 1.29 is 9.90 Å². The summed E-state index contributed by atoms with van der Waals surface area (Å²) < 4.78 is 1.66. The monoisotopic (exact) mass is 317 g/mol. The van der Waals surface area contributed by atoms with E-state index < -0.39 is 24.5 Å². The van der Waals surface area contributed by atoms with Crippen LogP contribution in [-0.4, -0.2) is 47.6 Å². The number of hydrogen-bond donors (Lipinski definition) is 1. The molecule has 1 N–H and O–H groups in total. The number of fused-ring (bicyclic) bond motifs is 1. The maximum absolute atomic E-state index is 10.9. The predicted octanol–water partition coefficient (Wildman–Crippen LogP) is 2.42. The van der Waals surface area contributed by atoms with Crippen molar-refractivity contribution in [2.45, 2.75) is 21.2 Å². The Hall–Kier alpha value is -0.191. The van der Waals surface area contributed by atoms with Crippen LogP contribution in [0, 0.1) is 11.8 Å². The standard InChI is InChI=1S/C8H10NO2.3CH3.Sn/c10-8(11)9-4-6-2-1-3-7(6)5-9;;;;/h1,6-7H,2,4-5H2,(H,10,11);3*1H3;/t6-,7+;;;;/m1..../s1. The fourth-order valence-corrected chi connectivity index (χ4v) is 9.10. The van der Waals surface area contributed by atoms with Gasteiger partial charge in [0.2, 0.25) is 0 Å². The number of rotatable bonds is 1. The molecule has 1 aliphatic heterocycles. The van der Waals surface area contributed by atoms with Crippen LogP contribution >= 0.6 is 0 Å². The number of carboxylic acid groups (broad SMARTS) is 1. The molecule has 1 fully saturated rings. The third-order valence-electron chi connectivity index (χ3n) is 3.62. The SMILES string of the molecule is [CH3][Sn]([CH3])([CH3])[C]1=CC[C@@H]2CN(C(=O)O)C[C@H]12. The second kappa shape index (κ2) is 3.68. The van der Waals surface area contributed by atoms with Gasteiger partial charge in [0.15, 0.2) is 0 Å². The average molecular weight is 316 g/mol. The summed E-state index contributed by atoms with van der Waals surface area (Å²) >= 11 is -1.96. The van der Waals surface area contributed by atoms with Gasteiger partial charge in [0.1, 0.15) is 0 Å². The van der Waals surface area contributed by atoms with Crippen molar-refractivity contribution in [3.63, 3.8) is 0 Å². The van der Waals surface area contributed by atoms with Crippen molar-refractivity contribution in [2.24, 2.45) is 11.8 Å². The molecular weight excluding hydrogens is 297 g/mol. The molecule has 4 heteroatoms. The van der Waals surface area contributed by atoms with E-state index in [-0.39, 0.29) is 0 Å². The summed E-state index contributed by atoms with van der Waals surface area (Å²) in [5.74, 6) is 1.16. The van der Waals surface area contributed by atoms with Crippen LogP contribution in [0.4, 0.5) is 4.79 Å². The molecule has 1 aliphatic carbocycles. The normalized spacial score (nSPS) is 30.3. The summed E-state index contributed by atoms with van der Waals surface area (Å²) in [5, 5.41) is 8.98. The fraction of sp³-hybridized carbons (Fsp3) is 0.727. The summed E-state index contributed by atoms with van der Waals surface area (Å²) in [6.07, 6.45) is 2.79. The Kier molecular flexibility index (Phi) is 2.77. The van der Waals surface area contributed by atoms with Gasteiger partial charge in [-0.25, -0.2) is 0 Å². The molecule has 0 saturated carbocycles. The van der Waals surface area contributed by atoms with E-state index in [1.54, 1.807) is 8.49 Å². The fourth-order valence-electron chi connectivity index (χ4n) is 2.91.